The van der Waals surface area contributed by atoms with Crippen LogP contribution in [0.5, 0.6) is 0 Å². The Morgan fingerprint density at radius 2 is 1.68 bits per heavy atom. The van der Waals surface area contributed by atoms with E-state index < -0.39 is 26.1 Å². The molecule has 0 aromatic heterocycles. The average molecular weight is 380 g/mol. The zero-order valence-corrected chi connectivity index (χ0v) is 15.6. The van der Waals surface area contributed by atoms with Gasteiger partial charge in [-0.15, -0.1) is 0 Å². The summed E-state index contributed by atoms with van der Waals surface area (Å²) >= 11 is 0. The van der Waals surface area contributed by atoms with Gasteiger partial charge in [-0.1, -0.05) is 35.9 Å². The predicted molar refractivity (Wildman–Crippen MR) is 97.6 cm³/mol. The van der Waals surface area contributed by atoms with E-state index in [9.17, 15) is 16.8 Å². The molecule has 0 radical (unpaired) electrons. The number of hydrogen-bond donors (Lipinski definition) is 1. The molecule has 0 bridgehead atoms. The maximum absolute atomic E-state index is 12.5. The molecule has 1 N–H and O–H groups in total. The fourth-order valence-electron chi connectivity index (χ4n) is 3.04. The van der Waals surface area contributed by atoms with Gasteiger partial charge in [0, 0.05) is 6.54 Å². The van der Waals surface area contributed by atoms with E-state index in [2.05, 4.69) is 4.72 Å². The van der Waals surface area contributed by atoms with E-state index in [1.165, 1.54) is 16.4 Å². The molecule has 0 saturated heterocycles. The van der Waals surface area contributed by atoms with Crippen molar-refractivity contribution in [2.24, 2.45) is 0 Å². The van der Waals surface area contributed by atoms with E-state index in [-0.39, 0.29) is 11.4 Å². The van der Waals surface area contributed by atoms with Crippen LogP contribution in [0.25, 0.3) is 0 Å². The SMILES string of the molecule is Cc1ccc(S(=O)(=O)NC[C@@H]2Cc3ccccc3N2S(C)(=O)=O)cc1. The zero-order valence-electron chi connectivity index (χ0n) is 14.0. The fraction of sp³-hybridized carbons (Fsp3) is 0.294. The maximum atomic E-state index is 12.5. The molecule has 1 heterocycles. The van der Waals surface area contributed by atoms with Crippen LogP contribution >= 0.6 is 0 Å². The Bertz CT molecular complexity index is 984. The second-order valence-electron chi connectivity index (χ2n) is 6.21. The van der Waals surface area contributed by atoms with Gasteiger partial charge in [0.05, 0.1) is 22.9 Å². The van der Waals surface area contributed by atoms with Crippen LogP contribution in [0.3, 0.4) is 0 Å². The van der Waals surface area contributed by atoms with E-state index in [1.54, 1.807) is 24.3 Å². The van der Waals surface area contributed by atoms with Crippen molar-refractivity contribution < 1.29 is 16.8 Å². The highest BCUT2D eigenvalue weighted by Crippen LogP contribution is 2.33. The number of aryl methyl sites for hydroxylation is 1. The molecule has 6 nitrogen and oxygen atoms in total. The minimum atomic E-state index is -3.69. The monoisotopic (exact) mass is 380 g/mol. The molecule has 0 fully saturated rings. The molecule has 0 spiro atoms. The second kappa shape index (κ2) is 6.44. The molecule has 0 saturated carbocycles. The lowest BCUT2D eigenvalue weighted by Crippen LogP contribution is -2.44. The molecule has 1 atom stereocenters. The van der Waals surface area contributed by atoms with Crippen LogP contribution in [-0.2, 0) is 26.5 Å². The number of benzene rings is 2. The Balaban J connectivity index is 1.82. The third kappa shape index (κ3) is 3.70. The highest BCUT2D eigenvalue weighted by molar-refractivity contribution is 7.92. The van der Waals surface area contributed by atoms with Crippen LogP contribution in [0.2, 0.25) is 0 Å². The third-order valence-electron chi connectivity index (χ3n) is 4.21. The molecule has 2 aromatic rings. The lowest BCUT2D eigenvalue weighted by atomic mass is 10.1. The number of rotatable bonds is 5. The second-order valence-corrected chi connectivity index (χ2v) is 9.84. The van der Waals surface area contributed by atoms with Crippen LogP contribution in [0.15, 0.2) is 53.4 Å². The maximum Gasteiger partial charge on any atom is 0.240 e. The summed E-state index contributed by atoms with van der Waals surface area (Å²) in [6.07, 6.45) is 1.61. The molecule has 8 heteroatoms. The standard InChI is InChI=1S/C17H20N2O4S2/c1-13-7-9-16(10-8-13)25(22,23)18-12-15-11-14-5-3-4-6-17(14)19(15)24(2,20)21/h3-10,15,18H,11-12H2,1-2H3/t15-/m0/s1. The van der Waals surface area contributed by atoms with Gasteiger partial charge < -0.3 is 0 Å². The van der Waals surface area contributed by atoms with Crippen LogP contribution in [0, 0.1) is 6.92 Å². The Kier molecular flexibility index (Phi) is 4.61. The lowest BCUT2D eigenvalue weighted by molar-refractivity contribution is 0.561. The minimum absolute atomic E-state index is 0.0119. The molecule has 2 aromatic carbocycles. The van der Waals surface area contributed by atoms with E-state index in [1.807, 2.05) is 19.1 Å². The number of hydrogen-bond acceptors (Lipinski definition) is 4. The molecule has 134 valence electrons. The highest BCUT2D eigenvalue weighted by Gasteiger charge is 2.35. The topological polar surface area (TPSA) is 83.6 Å². The zero-order chi connectivity index (χ0) is 18.2. The first kappa shape index (κ1) is 17.9. The van der Waals surface area contributed by atoms with Gasteiger partial charge >= 0.3 is 0 Å². The van der Waals surface area contributed by atoms with Crippen LogP contribution in [0.1, 0.15) is 11.1 Å². The first-order valence-electron chi connectivity index (χ1n) is 7.82. The molecule has 1 aliphatic heterocycles. The normalized spacial score (nSPS) is 17.5. The summed E-state index contributed by atoms with van der Waals surface area (Å²) in [5.74, 6) is 0. The van der Waals surface area contributed by atoms with Crippen molar-refractivity contribution in [3.63, 3.8) is 0 Å². The van der Waals surface area contributed by atoms with Gasteiger partial charge in [-0.3, -0.25) is 4.31 Å². The molecule has 3 rings (SSSR count). The third-order valence-corrected chi connectivity index (χ3v) is 6.86. The quantitative estimate of drug-likeness (QED) is 0.855. The minimum Gasteiger partial charge on any atom is -0.265 e. The van der Waals surface area contributed by atoms with Crippen LogP contribution in [-0.4, -0.2) is 35.7 Å². The summed E-state index contributed by atoms with van der Waals surface area (Å²) in [6, 6.07) is 13.3. The van der Waals surface area contributed by atoms with E-state index in [0.717, 1.165) is 17.4 Å². The van der Waals surface area contributed by atoms with E-state index >= 15 is 0 Å². The van der Waals surface area contributed by atoms with Crippen molar-refractivity contribution in [2.75, 3.05) is 17.1 Å². The van der Waals surface area contributed by atoms with Crippen LogP contribution in [0.4, 0.5) is 5.69 Å². The van der Waals surface area contributed by atoms with Gasteiger partial charge in [-0.25, -0.2) is 21.6 Å². The smallest absolute Gasteiger partial charge is 0.240 e. The predicted octanol–water partition coefficient (Wildman–Crippen LogP) is 1.66. The van der Waals surface area contributed by atoms with Gasteiger partial charge in [-0.2, -0.15) is 0 Å². The Morgan fingerprint density at radius 3 is 2.32 bits per heavy atom. The molecular weight excluding hydrogens is 360 g/mol. The summed E-state index contributed by atoms with van der Waals surface area (Å²) in [7, 11) is -7.20. The van der Waals surface area contributed by atoms with Gasteiger partial charge in [-0.05, 0) is 37.1 Å². The number of anilines is 1. The Hall–Kier alpha value is -1.90. The molecule has 25 heavy (non-hydrogen) atoms. The van der Waals surface area contributed by atoms with Gasteiger partial charge in [0.2, 0.25) is 20.0 Å². The molecule has 0 unspecified atom stereocenters. The van der Waals surface area contributed by atoms with E-state index in [0.29, 0.717) is 12.1 Å². The summed E-state index contributed by atoms with van der Waals surface area (Å²) < 4.78 is 53.1. The summed E-state index contributed by atoms with van der Waals surface area (Å²) in [4.78, 5) is 0.166. The molecular formula is C17H20N2O4S2. The van der Waals surface area contributed by atoms with E-state index in [4.69, 9.17) is 0 Å². The van der Waals surface area contributed by atoms with Crippen molar-refractivity contribution in [2.45, 2.75) is 24.3 Å². The average Bonchev–Trinajstić information content (AvgIpc) is 2.92. The van der Waals surface area contributed by atoms with Gasteiger partial charge in [0.15, 0.2) is 0 Å². The number of fused-ring (bicyclic) bond motifs is 1. The van der Waals surface area contributed by atoms with Gasteiger partial charge in [0.1, 0.15) is 0 Å². The highest BCUT2D eigenvalue weighted by atomic mass is 32.2. The summed E-state index contributed by atoms with van der Waals surface area (Å²) in [5.41, 5.74) is 2.48. The molecule has 0 aliphatic carbocycles. The first-order valence-corrected chi connectivity index (χ1v) is 11.2. The summed E-state index contributed by atoms with van der Waals surface area (Å²) in [5, 5.41) is 0. The Labute approximate surface area is 148 Å². The largest absolute Gasteiger partial charge is 0.265 e. The van der Waals surface area contributed by atoms with Gasteiger partial charge in [0.25, 0.3) is 0 Å². The Morgan fingerprint density at radius 1 is 1.04 bits per heavy atom. The molecule has 0 amide bonds. The van der Waals surface area contributed by atoms with Crippen LogP contribution < -0.4 is 9.03 Å². The number of nitrogens with one attached hydrogen (secondary N) is 1. The van der Waals surface area contributed by atoms with Crippen molar-refractivity contribution in [3.8, 4) is 0 Å². The van der Waals surface area contributed by atoms with Crippen molar-refractivity contribution in [3.05, 3.63) is 59.7 Å². The number of sulfonamides is 2. The number of para-hydroxylation sites is 1. The summed E-state index contributed by atoms with van der Waals surface area (Å²) in [6.45, 7) is 1.89. The van der Waals surface area contributed by atoms with Crippen molar-refractivity contribution >= 4 is 25.7 Å². The fourth-order valence-corrected chi connectivity index (χ4v) is 5.34. The van der Waals surface area contributed by atoms with Crippen molar-refractivity contribution in [1.82, 2.24) is 4.72 Å². The number of nitrogens with zero attached hydrogens (tertiary/aromatic N) is 1. The lowest BCUT2D eigenvalue weighted by Gasteiger charge is -2.25. The van der Waals surface area contributed by atoms with Crippen molar-refractivity contribution in [1.29, 1.82) is 0 Å². The molecule has 1 aliphatic rings. The first-order chi connectivity index (χ1) is 11.7.